The van der Waals surface area contributed by atoms with Gasteiger partial charge in [0.25, 0.3) is 5.91 Å². The molecule has 13 heteroatoms. The Hall–Kier alpha value is -4.68. The van der Waals surface area contributed by atoms with Crippen molar-refractivity contribution >= 4 is 23.7 Å². The highest BCUT2D eigenvalue weighted by Gasteiger charge is 2.35. The van der Waals surface area contributed by atoms with E-state index in [9.17, 15) is 27.6 Å². The number of ether oxygens (including phenoxy) is 1. The van der Waals surface area contributed by atoms with Crippen molar-refractivity contribution < 1.29 is 32.3 Å². The highest BCUT2D eigenvalue weighted by Crippen LogP contribution is 2.35. The number of alkyl halides is 3. The van der Waals surface area contributed by atoms with Crippen LogP contribution in [0.3, 0.4) is 0 Å². The summed E-state index contributed by atoms with van der Waals surface area (Å²) in [4.78, 5) is 50.1. The van der Waals surface area contributed by atoms with Crippen molar-refractivity contribution in [1.82, 2.24) is 25.5 Å². The highest BCUT2D eigenvalue weighted by molar-refractivity contribution is 5.93. The number of amides is 3. The second-order valence-corrected chi connectivity index (χ2v) is 12.9. The largest absolute Gasteiger partial charge is 0.444 e. The summed E-state index contributed by atoms with van der Waals surface area (Å²) in [6.45, 7) is 9.36. The van der Waals surface area contributed by atoms with Crippen molar-refractivity contribution in [3.8, 4) is 11.1 Å². The van der Waals surface area contributed by atoms with Gasteiger partial charge in [0.1, 0.15) is 23.4 Å². The van der Waals surface area contributed by atoms with Crippen LogP contribution in [0.4, 0.5) is 23.8 Å². The van der Waals surface area contributed by atoms with E-state index >= 15 is 0 Å². The number of alkyl carbamates (subject to hydrolysis) is 1. The van der Waals surface area contributed by atoms with Gasteiger partial charge in [-0.3, -0.25) is 9.59 Å². The summed E-state index contributed by atoms with van der Waals surface area (Å²) in [6, 6.07) is 11.4. The molecule has 47 heavy (non-hydrogen) atoms. The molecule has 3 amide bonds. The Kier molecular flexibility index (Phi) is 9.73. The van der Waals surface area contributed by atoms with Gasteiger partial charge in [-0.15, -0.1) is 0 Å². The first kappa shape index (κ1) is 33.7. The first-order valence-electron chi connectivity index (χ1n) is 15.6. The summed E-state index contributed by atoms with van der Waals surface area (Å²) >= 11 is 0. The standard InChI is InChI=1S/C34H39F3N6O4/c1-21(41-30(44)28-18-29(40-20-39-28)42-13-15-43(16-14-42)31(45)24-9-10-24)22-5-7-23(8-6-22)27-17-26(34(35,36)37)12-11-25(27)19-38-32(46)47-33(2,3)4/h5-8,11-12,17-18,20-21,24H,9-10,13-16,19H2,1-4H3,(H,38,46)(H,41,44)/t21-/m1/s1. The molecule has 2 aliphatic rings. The number of nitrogens with one attached hydrogen (secondary N) is 2. The van der Waals surface area contributed by atoms with Crippen LogP contribution >= 0.6 is 0 Å². The van der Waals surface area contributed by atoms with Crippen molar-refractivity contribution in [2.45, 2.75) is 64.9 Å². The quantitative estimate of drug-likeness (QED) is 0.319. The fraction of sp³-hybridized carbons (Fsp3) is 0.441. The van der Waals surface area contributed by atoms with Crippen LogP contribution in [-0.4, -0.2) is 64.6 Å². The van der Waals surface area contributed by atoms with E-state index in [0.29, 0.717) is 48.7 Å². The molecule has 0 spiro atoms. The zero-order chi connectivity index (χ0) is 33.9. The Morgan fingerprint density at radius 1 is 0.957 bits per heavy atom. The van der Waals surface area contributed by atoms with Crippen molar-refractivity contribution in [3.63, 3.8) is 0 Å². The molecule has 2 fully saturated rings. The van der Waals surface area contributed by atoms with Crippen molar-refractivity contribution in [2.75, 3.05) is 31.1 Å². The summed E-state index contributed by atoms with van der Waals surface area (Å²) in [5.41, 5.74) is 0.695. The Bertz CT molecular complexity index is 1610. The molecule has 1 saturated carbocycles. The van der Waals surface area contributed by atoms with Crippen LogP contribution in [0.25, 0.3) is 11.1 Å². The van der Waals surface area contributed by atoms with Crippen molar-refractivity contribution in [3.05, 3.63) is 77.2 Å². The topological polar surface area (TPSA) is 117 Å². The van der Waals surface area contributed by atoms with E-state index in [4.69, 9.17) is 4.74 Å². The number of benzene rings is 2. The molecule has 3 aromatic rings. The molecule has 2 aromatic carbocycles. The highest BCUT2D eigenvalue weighted by atomic mass is 19.4. The predicted molar refractivity (Wildman–Crippen MR) is 169 cm³/mol. The van der Waals surface area contributed by atoms with Crippen LogP contribution in [-0.2, 0) is 22.3 Å². The minimum Gasteiger partial charge on any atom is -0.444 e. The monoisotopic (exact) mass is 652 g/mol. The number of nitrogens with zero attached hydrogens (tertiary/aromatic N) is 4. The van der Waals surface area contributed by atoms with E-state index in [-0.39, 0.29) is 24.1 Å². The molecule has 1 aromatic heterocycles. The second kappa shape index (κ2) is 13.6. The third-order valence-corrected chi connectivity index (χ3v) is 8.06. The third kappa shape index (κ3) is 8.78. The molecule has 10 nitrogen and oxygen atoms in total. The van der Waals surface area contributed by atoms with Gasteiger partial charge in [-0.25, -0.2) is 14.8 Å². The maximum atomic E-state index is 13.6. The summed E-state index contributed by atoms with van der Waals surface area (Å²) in [6.07, 6.45) is -1.94. The summed E-state index contributed by atoms with van der Waals surface area (Å²) in [7, 11) is 0. The lowest BCUT2D eigenvalue weighted by molar-refractivity contribution is -0.137. The zero-order valence-corrected chi connectivity index (χ0v) is 26.9. The molecule has 0 bridgehead atoms. The molecular formula is C34H39F3N6O4. The molecular weight excluding hydrogens is 613 g/mol. The molecule has 250 valence electrons. The van der Waals surface area contributed by atoms with Crippen LogP contribution in [0.1, 0.15) is 73.8 Å². The number of carbonyl (C=O) groups is 3. The Morgan fingerprint density at radius 2 is 1.64 bits per heavy atom. The van der Waals surface area contributed by atoms with Crippen LogP contribution < -0.4 is 15.5 Å². The van der Waals surface area contributed by atoms with Gasteiger partial charge in [0.2, 0.25) is 5.91 Å². The van der Waals surface area contributed by atoms with E-state index in [1.165, 1.54) is 12.4 Å². The van der Waals surface area contributed by atoms with Gasteiger partial charge >= 0.3 is 12.3 Å². The zero-order valence-electron chi connectivity index (χ0n) is 26.9. The van der Waals surface area contributed by atoms with Crippen molar-refractivity contribution in [2.24, 2.45) is 5.92 Å². The SMILES string of the molecule is C[C@@H](NC(=O)c1cc(N2CCN(C(=O)C3CC3)CC2)ncn1)c1ccc(-c2cc(C(F)(F)F)ccc2CNC(=O)OC(C)(C)C)cc1. The van der Waals surface area contributed by atoms with E-state index in [1.807, 2.05) is 9.80 Å². The summed E-state index contributed by atoms with van der Waals surface area (Å²) in [5, 5.41) is 5.53. The van der Waals surface area contributed by atoms with Crippen molar-refractivity contribution in [1.29, 1.82) is 0 Å². The molecule has 2 heterocycles. The number of rotatable bonds is 8. The number of aromatic nitrogens is 2. The first-order chi connectivity index (χ1) is 22.2. The lowest BCUT2D eigenvalue weighted by Gasteiger charge is -2.35. The van der Waals surface area contributed by atoms with Gasteiger partial charge < -0.3 is 25.2 Å². The lowest BCUT2D eigenvalue weighted by Crippen LogP contribution is -2.49. The van der Waals surface area contributed by atoms with E-state index < -0.39 is 35.4 Å². The average Bonchev–Trinajstić information content (AvgIpc) is 3.88. The van der Waals surface area contributed by atoms with E-state index in [0.717, 1.165) is 30.5 Å². The fourth-order valence-electron chi connectivity index (χ4n) is 5.35. The second-order valence-electron chi connectivity index (χ2n) is 12.9. The average molecular weight is 653 g/mol. The minimum atomic E-state index is -4.55. The van der Waals surface area contributed by atoms with Gasteiger partial charge in [-0.2, -0.15) is 13.2 Å². The molecule has 1 aliphatic carbocycles. The third-order valence-electron chi connectivity index (χ3n) is 8.06. The van der Waals surface area contributed by atoms with Gasteiger partial charge in [0, 0.05) is 44.7 Å². The normalized spacial score (nSPS) is 16.0. The number of anilines is 1. The number of carbonyl (C=O) groups excluding carboxylic acids is 3. The molecule has 1 aliphatic heterocycles. The Balaban J connectivity index is 1.24. The Labute approximate surface area is 271 Å². The molecule has 0 unspecified atom stereocenters. The van der Waals surface area contributed by atoms with Crippen LogP contribution in [0.5, 0.6) is 0 Å². The summed E-state index contributed by atoms with van der Waals surface area (Å²) < 4.78 is 46.0. The van der Waals surface area contributed by atoms with Gasteiger partial charge in [-0.1, -0.05) is 30.3 Å². The fourth-order valence-corrected chi connectivity index (χ4v) is 5.35. The maximum Gasteiger partial charge on any atom is 0.416 e. The van der Waals surface area contributed by atoms with Gasteiger partial charge in [0.05, 0.1) is 11.6 Å². The molecule has 1 atom stereocenters. The number of halogens is 3. The lowest BCUT2D eigenvalue weighted by atomic mass is 9.95. The maximum absolute atomic E-state index is 13.6. The minimum absolute atomic E-state index is 0.0359. The molecule has 0 radical (unpaired) electrons. The number of hydrogen-bond donors (Lipinski definition) is 2. The molecule has 1 saturated heterocycles. The van der Waals surface area contributed by atoms with Crippen LogP contribution in [0, 0.1) is 5.92 Å². The summed E-state index contributed by atoms with van der Waals surface area (Å²) in [5.74, 6) is 0.611. The van der Waals surface area contributed by atoms with E-state index in [1.54, 1.807) is 58.0 Å². The van der Waals surface area contributed by atoms with E-state index in [2.05, 4.69) is 20.6 Å². The Morgan fingerprint density at radius 3 is 2.26 bits per heavy atom. The predicted octanol–water partition coefficient (Wildman–Crippen LogP) is 5.74. The van der Waals surface area contributed by atoms with Gasteiger partial charge in [0.15, 0.2) is 0 Å². The number of piperazine rings is 1. The van der Waals surface area contributed by atoms with Crippen LogP contribution in [0.15, 0.2) is 54.9 Å². The number of hydrogen-bond acceptors (Lipinski definition) is 7. The molecule has 5 rings (SSSR count). The van der Waals surface area contributed by atoms with Crippen LogP contribution in [0.2, 0.25) is 0 Å². The smallest absolute Gasteiger partial charge is 0.416 e. The van der Waals surface area contributed by atoms with Gasteiger partial charge in [-0.05, 0) is 74.9 Å². The first-order valence-corrected chi connectivity index (χ1v) is 15.6. The molecule has 2 N–H and O–H groups in total.